The number of nitrogens with two attached hydrogens (primary N) is 1. The maximum absolute atomic E-state index is 12.4. The molecule has 0 aliphatic carbocycles. The molecule has 0 saturated carbocycles. The van der Waals surface area contributed by atoms with Crippen LogP contribution in [0.25, 0.3) is 0 Å². The van der Waals surface area contributed by atoms with Crippen molar-refractivity contribution in [3.8, 4) is 0 Å². The van der Waals surface area contributed by atoms with Gasteiger partial charge in [0.1, 0.15) is 11.6 Å². The molecule has 0 radical (unpaired) electrons. The van der Waals surface area contributed by atoms with Gasteiger partial charge < -0.3 is 25.8 Å². The molecule has 1 fully saturated rings. The molecule has 2 rings (SSSR count). The van der Waals surface area contributed by atoms with E-state index in [1.807, 2.05) is 24.3 Å². The van der Waals surface area contributed by atoms with Gasteiger partial charge in [-0.15, -0.1) is 0 Å². The number of carbonyl (C=O) groups is 3. The summed E-state index contributed by atoms with van der Waals surface area (Å²) in [6.07, 6.45) is 0.558. The van der Waals surface area contributed by atoms with Gasteiger partial charge in [0.25, 0.3) is 0 Å². The van der Waals surface area contributed by atoms with E-state index in [2.05, 4.69) is 5.32 Å². The fourth-order valence-corrected chi connectivity index (χ4v) is 3.09. The summed E-state index contributed by atoms with van der Waals surface area (Å²) in [7, 11) is 0. The van der Waals surface area contributed by atoms with Crippen molar-refractivity contribution in [3.05, 3.63) is 35.4 Å². The molecular weight excluding hydrogens is 362 g/mol. The number of benzene rings is 1. The van der Waals surface area contributed by atoms with E-state index in [-0.39, 0.29) is 24.9 Å². The number of carbonyl (C=O) groups excluding carboxylic acids is 2. The lowest BCUT2D eigenvalue weighted by atomic mass is 10.1. The van der Waals surface area contributed by atoms with Gasteiger partial charge in [0, 0.05) is 25.6 Å². The number of nitrogens with zero attached hydrogens (tertiary/aromatic N) is 1. The maximum atomic E-state index is 12.4. The van der Waals surface area contributed by atoms with Crippen molar-refractivity contribution in [1.29, 1.82) is 0 Å². The molecule has 1 aliphatic heterocycles. The number of ether oxygens (including phenoxy) is 1. The SMILES string of the molecule is CC(C)(C)OC(=O)NCc1ccc(CCC(=O)N2CC(N)C[C@H]2C(=O)O)cc1. The summed E-state index contributed by atoms with van der Waals surface area (Å²) < 4.78 is 5.19. The number of alkyl carbamates (subject to hydrolysis) is 1. The van der Waals surface area contributed by atoms with Crippen LogP contribution in [0, 0.1) is 0 Å². The van der Waals surface area contributed by atoms with E-state index in [0.29, 0.717) is 19.4 Å². The summed E-state index contributed by atoms with van der Waals surface area (Å²) in [6.45, 7) is 6.04. The third-order valence-corrected chi connectivity index (χ3v) is 4.43. The van der Waals surface area contributed by atoms with E-state index < -0.39 is 23.7 Å². The van der Waals surface area contributed by atoms with Crippen molar-refractivity contribution in [2.45, 2.75) is 64.3 Å². The summed E-state index contributed by atoms with van der Waals surface area (Å²) in [5.74, 6) is -1.21. The Morgan fingerprint density at radius 3 is 2.39 bits per heavy atom. The van der Waals surface area contributed by atoms with Gasteiger partial charge in [0.05, 0.1) is 0 Å². The highest BCUT2D eigenvalue weighted by Crippen LogP contribution is 2.19. The molecule has 28 heavy (non-hydrogen) atoms. The Morgan fingerprint density at radius 1 is 1.21 bits per heavy atom. The second-order valence-electron chi connectivity index (χ2n) is 8.07. The third kappa shape index (κ3) is 6.53. The summed E-state index contributed by atoms with van der Waals surface area (Å²) in [5.41, 5.74) is 7.14. The van der Waals surface area contributed by atoms with E-state index >= 15 is 0 Å². The molecule has 1 unspecified atom stereocenters. The Morgan fingerprint density at radius 2 is 1.82 bits per heavy atom. The van der Waals surface area contributed by atoms with Gasteiger partial charge in [0.2, 0.25) is 5.91 Å². The van der Waals surface area contributed by atoms with Crippen molar-refractivity contribution in [1.82, 2.24) is 10.2 Å². The van der Waals surface area contributed by atoms with E-state index in [1.54, 1.807) is 20.8 Å². The molecular formula is C20H29N3O5. The first kappa shape index (κ1) is 21.7. The minimum atomic E-state index is -1.01. The van der Waals surface area contributed by atoms with Crippen molar-refractivity contribution < 1.29 is 24.2 Å². The van der Waals surface area contributed by atoms with Crippen LogP contribution in [-0.4, -0.2) is 52.2 Å². The van der Waals surface area contributed by atoms with Crippen LogP contribution in [0.3, 0.4) is 0 Å². The molecule has 1 heterocycles. The topological polar surface area (TPSA) is 122 Å². The van der Waals surface area contributed by atoms with Crippen molar-refractivity contribution >= 4 is 18.0 Å². The molecule has 1 aliphatic rings. The molecule has 1 saturated heterocycles. The molecule has 0 aromatic heterocycles. The normalized spacial score (nSPS) is 19.4. The zero-order chi connectivity index (χ0) is 20.9. The maximum Gasteiger partial charge on any atom is 0.407 e. The molecule has 4 N–H and O–H groups in total. The second kappa shape index (κ2) is 9.05. The first-order chi connectivity index (χ1) is 13.0. The average Bonchev–Trinajstić information content (AvgIpc) is 2.99. The average molecular weight is 391 g/mol. The zero-order valence-corrected chi connectivity index (χ0v) is 16.6. The fraction of sp³-hybridized carbons (Fsp3) is 0.550. The van der Waals surface area contributed by atoms with Crippen LogP contribution in [0.5, 0.6) is 0 Å². The summed E-state index contributed by atoms with van der Waals surface area (Å²) in [5, 5.41) is 11.9. The number of hydrogen-bond acceptors (Lipinski definition) is 5. The Bertz CT molecular complexity index is 712. The van der Waals surface area contributed by atoms with Crippen LogP contribution in [0.2, 0.25) is 0 Å². The van der Waals surface area contributed by atoms with Crippen LogP contribution in [-0.2, 0) is 27.3 Å². The number of carboxylic acids is 1. The van der Waals surface area contributed by atoms with Crippen molar-refractivity contribution in [2.24, 2.45) is 5.73 Å². The third-order valence-electron chi connectivity index (χ3n) is 4.43. The van der Waals surface area contributed by atoms with E-state index in [4.69, 9.17) is 10.5 Å². The zero-order valence-electron chi connectivity index (χ0n) is 16.6. The predicted octanol–water partition coefficient (Wildman–Crippen LogP) is 1.66. The lowest BCUT2D eigenvalue weighted by Gasteiger charge is -2.21. The molecule has 2 atom stereocenters. The van der Waals surface area contributed by atoms with Crippen LogP contribution >= 0.6 is 0 Å². The largest absolute Gasteiger partial charge is 0.480 e. The standard InChI is InChI=1S/C20H29N3O5/c1-20(2,3)28-19(27)22-11-14-6-4-13(5-7-14)8-9-17(24)23-12-15(21)10-16(23)18(25)26/h4-7,15-16H,8-12,21H2,1-3H3,(H,22,27)(H,25,26)/t15?,16-/m0/s1. The van der Waals surface area contributed by atoms with Crippen molar-refractivity contribution in [3.63, 3.8) is 0 Å². The van der Waals surface area contributed by atoms with Gasteiger partial charge in [-0.25, -0.2) is 9.59 Å². The van der Waals surface area contributed by atoms with Crippen LogP contribution in [0.1, 0.15) is 44.7 Å². The summed E-state index contributed by atoms with van der Waals surface area (Å²) >= 11 is 0. The number of likely N-dealkylation sites (tertiary alicyclic amines) is 1. The van der Waals surface area contributed by atoms with E-state index in [1.165, 1.54) is 4.90 Å². The predicted molar refractivity (Wildman–Crippen MR) is 104 cm³/mol. The second-order valence-corrected chi connectivity index (χ2v) is 8.07. The lowest BCUT2D eigenvalue weighted by Crippen LogP contribution is -2.40. The lowest BCUT2D eigenvalue weighted by molar-refractivity contribution is -0.148. The first-order valence-corrected chi connectivity index (χ1v) is 9.37. The Labute approximate surface area is 165 Å². The highest BCUT2D eigenvalue weighted by atomic mass is 16.6. The number of aryl methyl sites for hydroxylation is 1. The smallest absolute Gasteiger partial charge is 0.407 e. The summed E-state index contributed by atoms with van der Waals surface area (Å²) in [6, 6.07) is 6.42. The molecule has 1 aromatic carbocycles. The van der Waals surface area contributed by atoms with Gasteiger partial charge in [-0.2, -0.15) is 0 Å². The van der Waals surface area contributed by atoms with Gasteiger partial charge in [-0.3, -0.25) is 4.79 Å². The van der Waals surface area contributed by atoms with Gasteiger partial charge in [-0.05, 0) is 44.7 Å². The first-order valence-electron chi connectivity index (χ1n) is 9.37. The number of rotatable bonds is 6. The number of amides is 2. The highest BCUT2D eigenvalue weighted by Gasteiger charge is 2.37. The Balaban J connectivity index is 1.81. The summed E-state index contributed by atoms with van der Waals surface area (Å²) in [4.78, 5) is 36.7. The van der Waals surface area contributed by atoms with Crippen LogP contribution in [0.4, 0.5) is 4.79 Å². The van der Waals surface area contributed by atoms with E-state index in [0.717, 1.165) is 11.1 Å². The Hall–Kier alpha value is -2.61. The number of carboxylic acid groups (broad SMARTS) is 1. The molecule has 0 bridgehead atoms. The number of hydrogen-bond donors (Lipinski definition) is 3. The van der Waals surface area contributed by atoms with Gasteiger partial charge >= 0.3 is 12.1 Å². The molecule has 154 valence electrons. The quantitative estimate of drug-likeness (QED) is 0.678. The molecule has 0 spiro atoms. The van der Waals surface area contributed by atoms with Gasteiger partial charge in [-0.1, -0.05) is 24.3 Å². The molecule has 8 nitrogen and oxygen atoms in total. The molecule has 8 heteroatoms. The Kier molecular flexibility index (Phi) is 7.01. The van der Waals surface area contributed by atoms with Crippen LogP contribution < -0.4 is 11.1 Å². The van der Waals surface area contributed by atoms with Gasteiger partial charge in [0.15, 0.2) is 0 Å². The fourth-order valence-electron chi connectivity index (χ4n) is 3.09. The van der Waals surface area contributed by atoms with E-state index in [9.17, 15) is 19.5 Å². The number of nitrogens with one attached hydrogen (secondary N) is 1. The van der Waals surface area contributed by atoms with Crippen LogP contribution in [0.15, 0.2) is 24.3 Å². The minimum Gasteiger partial charge on any atom is -0.480 e. The van der Waals surface area contributed by atoms with Crippen molar-refractivity contribution in [2.75, 3.05) is 6.54 Å². The molecule has 2 amide bonds. The monoisotopic (exact) mass is 391 g/mol. The highest BCUT2D eigenvalue weighted by molar-refractivity contribution is 5.84. The number of aliphatic carboxylic acids is 1. The molecule has 1 aromatic rings. The minimum absolute atomic E-state index is 0.198.